The third-order valence-electron chi connectivity index (χ3n) is 6.19. The van der Waals surface area contributed by atoms with Gasteiger partial charge in [-0.15, -0.1) is 0 Å². The Morgan fingerprint density at radius 3 is 2.13 bits per heavy atom. The van der Waals surface area contributed by atoms with Gasteiger partial charge in [0, 0.05) is 24.8 Å². The average Bonchev–Trinajstić information content (AvgIpc) is 3.48. The molecule has 1 saturated heterocycles. The van der Waals surface area contributed by atoms with Crippen LogP contribution in [0.25, 0.3) is 0 Å². The fraction of sp³-hybridized carbons (Fsp3) is 0.269. The van der Waals surface area contributed by atoms with Gasteiger partial charge in [-0.25, -0.2) is 21.2 Å². The van der Waals surface area contributed by atoms with E-state index in [1.807, 2.05) is 0 Å². The SMILES string of the molecule is COc1ccc(S(=O)(=O)N(CC(=O)Nc2ccc(S(=O)(=O)N3CCCC3)cc2)c2ccccc2F)cc1OC. The maximum atomic E-state index is 14.8. The topological polar surface area (TPSA) is 122 Å². The molecule has 0 bridgehead atoms. The van der Waals surface area contributed by atoms with Crippen molar-refractivity contribution in [3.8, 4) is 11.5 Å². The Morgan fingerprint density at radius 2 is 1.51 bits per heavy atom. The molecule has 3 aromatic carbocycles. The van der Waals surface area contributed by atoms with Crippen molar-refractivity contribution in [3.05, 3.63) is 72.5 Å². The number of para-hydroxylation sites is 1. The van der Waals surface area contributed by atoms with Crippen molar-refractivity contribution in [1.82, 2.24) is 4.31 Å². The molecule has 0 unspecified atom stereocenters. The van der Waals surface area contributed by atoms with Crippen LogP contribution in [0.5, 0.6) is 11.5 Å². The molecule has 39 heavy (non-hydrogen) atoms. The summed E-state index contributed by atoms with van der Waals surface area (Å²) in [6, 6.07) is 14.6. The van der Waals surface area contributed by atoms with E-state index >= 15 is 0 Å². The predicted octanol–water partition coefficient (Wildman–Crippen LogP) is 3.46. The highest BCUT2D eigenvalue weighted by atomic mass is 32.2. The number of nitrogens with one attached hydrogen (secondary N) is 1. The number of anilines is 2. The van der Waals surface area contributed by atoms with E-state index in [9.17, 15) is 26.0 Å². The molecule has 13 heteroatoms. The number of rotatable bonds is 10. The fourth-order valence-electron chi connectivity index (χ4n) is 4.18. The van der Waals surface area contributed by atoms with Gasteiger partial charge < -0.3 is 14.8 Å². The van der Waals surface area contributed by atoms with E-state index in [4.69, 9.17) is 9.47 Å². The Labute approximate surface area is 227 Å². The van der Waals surface area contributed by atoms with E-state index in [2.05, 4.69) is 5.32 Å². The molecule has 0 atom stereocenters. The molecular formula is C26H28FN3O7S2. The summed E-state index contributed by atoms with van der Waals surface area (Å²) in [6.45, 7) is 0.161. The lowest BCUT2D eigenvalue weighted by molar-refractivity contribution is -0.114. The molecule has 10 nitrogen and oxygen atoms in total. The minimum Gasteiger partial charge on any atom is -0.493 e. The summed E-state index contributed by atoms with van der Waals surface area (Å²) in [5.41, 5.74) is -0.0770. The zero-order chi connectivity index (χ0) is 28.2. The highest BCUT2D eigenvalue weighted by Crippen LogP contribution is 2.33. The molecule has 0 aliphatic carbocycles. The van der Waals surface area contributed by atoms with Gasteiger partial charge in [-0.2, -0.15) is 4.31 Å². The zero-order valence-corrected chi connectivity index (χ0v) is 23.0. The second-order valence-corrected chi connectivity index (χ2v) is 12.5. The Kier molecular flexibility index (Phi) is 8.42. The first kappa shape index (κ1) is 28.3. The van der Waals surface area contributed by atoms with E-state index in [1.165, 1.54) is 79.2 Å². The van der Waals surface area contributed by atoms with E-state index in [0.717, 1.165) is 18.9 Å². The predicted molar refractivity (Wildman–Crippen MR) is 144 cm³/mol. The first-order valence-electron chi connectivity index (χ1n) is 12.0. The molecule has 1 aliphatic rings. The number of carbonyl (C=O) groups is 1. The molecule has 1 fully saturated rings. The van der Waals surface area contributed by atoms with Crippen LogP contribution in [0.15, 0.2) is 76.5 Å². The van der Waals surface area contributed by atoms with Crippen LogP contribution in [0.4, 0.5) is 15.8 Å². The standard InChI is InChI=1S/C26H28FN3O7S2/c1-36-24-14-13-21(17-25(24)37-2)39(34,35)30(23-8-4-3-7-22(23)27)18-26(31)28-19-9-11-20(12-10-19)38(32,33)29-15-5-6-16-29/h3-4,7-14,17H,5-6,15-16,18H2,1-2H3,(H,28,31). The second kappa shape index (κ2) is 11.6. The van der Waals surface area contributed by atoms with Crippen LogP contribution in [-0.2, 0) is 24.8 Å². The molecule has 3 aromatic rings. The van der Waals surface area contributed by atoms with Gasteiger partial charge in [0.05, 0.1) is 29.7 Å². The third kappa shape index (κ3) is 6.00. The van der Waals surface area contributed by atoms with Crippen molar-refractivity contribution in [2.45, 2.75) is 22.6 Å². The first-order chi connectivity index (χ1) is 18.6. The monoisotopic (exact) mass is 577 g/mol. The van der Waals surface area contributed by atoms with Crippen LogP contribution in [0.3, 0.4) is 0 Å². The van der Waals surface area contributed by atoms with Crippen LogP contribution in [0.2, 0.25) is 0 Å². The van der Waals surface area contributed by atoms with Gasteiger partial charge in [-0.05, 0) is 61.4 Å². The van der Waals surface area contributed by atoms with Crippen molar-refractivity contribution >= 4 is 37.3 Å². The van der Waals surface area contributed by atoms with Crippen LogP contribution in [0.1, 0.15) is 12.8 Å². The number of nitrogens with zero attached hydrogens (tertiary/aromatic N) is 2. The molecule has 1 amide bonds. The van der Waals surface area contributed by atoms with Crippen molar-refractivity contribution in [2.24, 2.45) is 0 Å². The highest BCUT2D eigenvalue weighted by molar-refractivity contribution is 7.92. The Hall–Kier alpha value is -3.68. The summed E-state index contributed by atoms with van der Waals surface area (Å²) < 4.78 is 80.0. The number of benzene rings is 3. The van der Waals surface area contributed by atoms with Gasteiger partial charge in [0.2, 0.25) is 15.9 Å². The molecule has 1 heterocycles. The lowest BCUT2D eigenvalue weighted by Crippen LogP contribution is -2.38. The number of hydrogen-bond acceptors (Lipinski definition) is 7. The molecule has 1 aliphatic heterocycles. The van der Waals surface area contributed by atoms with Crippen molar-refractivity contribution < 1.29 is 35.5 Å². The normalized spacial score (nSPS) is 14.1. The minimum atomic E-state index is -4.44. The molecule has 0 aromatic heterocycles. The number of carbonyl (C=O) groups excluding carboxylic acids is 1. The first-order valence-corrected chi connectivity index (χ1v) is 14.9. The Balaban J connectivity index is 1.60. The molecule has 0 radical (unpaired) electrons. The van der Waals surface area contributed by atoms with E-state index in [-0.39, 0.29) is 26.9 Å². The number of halogens is 1. The lowest BCUT2D eigenvalue weighted by atomic mass is 10.3. The molecule has 4 rings (SSSR count). The molecular weight excluding hydrogens is 549 g/mol. The highest BCUT2D eigenvalue weighted by Gasteiger charge is 2.31. The van der Waals surface area contributed by atoms with Gasteiger partial charge in [0.25, 0.3) is 10.0 Å². The quantitative estimate of drug-likeness (QED) is 0.392. The van der Waals surface area contributed by atoms with Crippen LogP contribution in [0, 0.1) is 5.82 Å². The van der Waals surface area contributed by atoms with Crippen LogP contribution in [-0.4, -0.2) is 60.9 Å². The second-order valence-electron chi connectivity index (χ2n) is 8.66. The van der Waals surface area contributed by atoms with Gasteiger partial charge >= 0.3 is 0 Å². The summed E-state index contributed by atoms with van der Waals surface area (Å²) in [5, 5.41) is 2.55. The number of amides is 1. The van der Waals surface area contributed by atoms with Crippen LogP contribution < -0.4 is 19.1 Å². The Morgan fingerprint density at radius 1 is 0.897 bits per heavy atom. The largest absolute Gasteiger partial charge is 0.493 e. The Bertz CT molecular complexity index is 1560. The van der Waals surface area contributed by atoms with Gasteiger partial charge in [-0.1, -0.05) is 12.1 Å². The summed E-state index contributed by atoms with van der Waals surface area (Å²) in [4.78, 5) is 12.8. The number of sulfonamides is 2. The minimum absolute atomic E-state index is 0.0893. The third-order valence-corrected chi connectivity index (χ3v) is 9.86. The van der Waals surface area contributed by atoms with Crippen LogP contribution >= 0.6 is 0 Å². The summed E-state index contributed by atoms with van der Waals surface area (Å²) in [7, 11) is -5.33. The zero-order valence-electron chi connectivity index (χ0n) is 21.3. The van der Waals surface area contributed by atoms with Crippen molar-refractivity contribution in [3.63, 3.8) is 0 Å². The van der Waals surface area contributed by atoms with E-state index in [1.54, 1.807) is 0 Å². The summed E-state index contributed by atoms with van der Waals surface area (Å²) in [5.74, 6) is -1.18. The lowest BCUT2D eigenvalue weighted by Gasteiger charge is -2.25. The van der Waals surface area contributed by atoms with E-state index < -0.39 is 38.3 Å². The van der Waals surface area contributed by atoms with Crippen molar-refractivity contribution in [1.29, 1.82) is 0 Å². The molecule has 1 N–H and O–H groups in total. The fourth-order valence-corrected chi connectivity index (χ4v) is 7.14. The average molecular weight is 578 g/mol. The summed E-state index contributed by atoms with van der Waals surface area (Å²) >= 11 is 0. The molecule has 0 spiro atoms. The number of hydrogen-bond donors (Lipinski definition) is 1. The maximum Gasteiger partial charge on any atom is 0.265 e. The van der Waals surface area contributed by atoms with Gasteiger partial charge in [0.15, 0.2) is 11.5 Å². The van der Waals surface area contributed by atoms with E-state index in [0.29, 0.717) is 23.1 Å². The number of ether oxygens (including phenoxy) is 2. The smallest absolute Gasteiger partial charge is 0.265 e. The summed E-state index contributed by atoms with van der Waals surface area (Å²) in [6.07, 6.45) is 1.61. The maximum absolute atomic E-state index is 14.8. The number of methoxy groups -OCH3 is 2. The van der Waals surface area contributed by atoms with Crippen molar-refractivity contribution in [2.75, 3.05) is 43.5 Å². The van der Waals surface area contributed by atoms with Gasteiger partial charge in [-0.3, -0.25) is 9.10 Å². The molecule has 0 saturated carbocycles. The van der Waals surface area contributed by atoms with Gasteiger partial charge in [0.1, 0.15) is 12.4 Å². The molecule has 208 valence electrons.